The minimum absolute atomic E-state index is 0. The van der Waals surface area contributed by atoms with Crippen LogP contribution in [0.15, 0.2) is 170 Å². The maximum atomic E-state index is 11.5. The average molecular weight is 991 g/mol. The summed E-state index contributed by atoms with van der Waals surface area (Å²) in [6.45, 7) is 10.9. The van der Waals surface area contributed by atoms with Crippen LogP contribution < -0.4 is 0 Å². The molecule has 4 nitrogen and oxygen atoms in total. The van der Waals surface area contributed by atoms with E-state index in [1.165, 1.54) is 5.56 Å². The fourth-order valence-corrected chi connectivity index (χ4v) is 8.09. The van der Waals surface area contributed by atoms with Crippen LogP contribution in [0.3, 0.4) is 0 Å². The molecule has 9 rings (SSSR count). The van der Waals surface area contributed by atoms with Gasteiger partial charge in [-0.05, 0) is 93.0 Å². The van der Waals surface area contributed by atoms with Crippen LogP contribution in [0.2, 0.25) is 0 Å². The second kappa shape index (κ2) is 16.8. The predicted molar refractivity (Wildman–Crippen MR) is 254 cm³/mol. The van der Waals surface area contributed by atoms with Gasteiger partial charge in [0.25, 0.3) is 0 Å². The molecule has 2 heterocycles. The molecule has 0 saturated heterocycles. The number of nitrogens with zero attached hydrogens (tertiary/aromatic N) is 3. The molecule has 0 unspecified atom stereocenters. The molecular weight excluding hydrogens is 938 g/mol. The Labute approximate surface area is 384 Å². The number of pyridine rings is 1. The Morgan fingerprint density at radius 3 is 1.84 bits per heavy atom. The van der Waals surface area contributed by atoms with E-state index in [0.29, 0.717) is 22.5 Å². The number of aromatic nitrogens is 3. The molecule has 0 amide bonds. The van der Waals surface area contributed by atoms with Gasteiger partial charge in [0, 0.05) is 42.6 Å². The molecule has 0 fully saturated rings. The van der Waals surface area contributed by atoms with Crippen LogP contribution in [0, 0.1) is 12.9 Å². The Kier molecular flexibility index (Phi) is 10.5. The minimum Gasteiger partial charge on any atom is -0.507 e. The Morgan fingerprint density at radius 2 is 1.18 bits per heavy atom. The smallest absolute Gasteiger partial charge is 0.148 e. The molecule has 0 aliphatic carbocycles. The van der Waals surface area contributed by atoms with Crippen LogP contribution in [0.4, 0.5) is 0 Å². The summed E-state index contributed by atoms with van der Waals surface area (Å²) < 4.78 is 28.2. The van der Waals surface area contributed by atoms with Gasteiger partial charge in [-0.25, -0.2) is 4.98 Å². The van der Waals surface area contributed by atoms with Crippen molar-refractivity contribution in [2.75, 3.05) is 0 Å². The Hall–Kier alpha value is -6.35. The van der Waals surface area contributed by atoms with Crippen molar-refractivity contribution in [3.8, 4) is 78.6 Å². The zero-order valence-electron chi connectivity index (χ0n) is 38.8. The van der Waals surface area contributed by atoms with Crippen molar-refractivity contribution in [3.05, 3.63) is 193 Å². The van der Waals surface area contributed by atoms with E-state index in [1.54, 1.807) is 18.2 Å². The first kappa shape index (κ1) is 38.6. The number of imidazole rings is 1. The van der Waals surface area contributed by atoms with E-state index in [4.69, 9.17) is 14.1 Å². The van der Waals surface area contributed by atoms with Gasteiger partial charge in [0.2, 0.25) is 0 Å². The number of aryl methyl sites for hydroxylation is 1. The van der Waals surface area contributed by atoms with Crippen LogP contribution in [0.1, 0.15) is 62.3 Å². The number of phenols is 1. The summed E-state index contributed by atoms with van der Waals surface area (Å²) in [6, 6.07) is 57.7. The summed E-state index contributed by atoms with van der Waals surface area (Å²) in [5.41, 5.74) is 13.8. The minimum atomic E-state index is -2.41. The fourth-order valence-electron chi connectivity index (χ4n) is 8.09. The number of hydrogen-bond donors (Lipinski definition) is 1. The molecule has 9 aromatic rings. The van der Waals surface area contributed by atoms with Crippen molar-refractivity contribution in [2.24, 2.45) is 0 Å². The molecule has 0 bridgehead atoms. The summed E-state index contributed by atoms with van der Waals surface area (Å²) >= 11 is 0. The van der Waals surface area contributed by atoms with Crippen LogP contribution in [0.25, 0.3) is 83.9 Å². The second-order valence-electron chi connectivity index (χ2n) is 17.8. The maximum absolute atomic E-state index is 11.5. The zero-order chi connectivity index (χ0) is 45.0. The molecule has 1 N–H and O–H groups in total. The van der Waals surface area contributed by atoms with Crippen LogP contribution >= 0.6 is 0 Å². The molecule has 7 aromatic carbocycles. The third-order valence-electron chi connectivity index (χ3n) is 11.5. The Bertz CT molecular complexity index is 3160. The first-order valence-corrected chi connectivity index (χ1v) is 20.8. The van der Waals surface area contributed by atoms with Gasteiger partial charge in [-0.1, -0.05) is 168 Å². The standard InChI is InChI=1S/C57H50N3O.Pt/c1-37-31-49(40-19-12-9-13-20-40)52(36-48(37)39-17-10-8-11-18-39)60-51-23-16-22-46(54(51)59-55(60)47-21-14-15-24-53(47)61)42-32-43(34-45(33-42)57(5,6)7)50-35-41(29-30-58-50)38-25-27-44(28-26-38)56(2,3)4;/h8-31,33-36,61H,1-7H3;/q-1;/i1D3;. The van der Waals surface area contributed by atoms with Crippen molar-refractivity contribution < 1.29 is 30.3 Å². The number of phenolic OH excluding ortho intramolecular Hbond substituents is 1. The molecule has 310 valence electrons. The predicted octanol–water partition coefficient (Wildman–Crippen LogP) is 14.8. The van der Waals surface area contributed by atoms with Gasteiger partial charge in [-0.3, -0.25) is 9.55 Å². The summed E-state index contributed by atoms with van der Waals surface area (Å²) in [5.74, 6) is 0.587. The van der Waals surface area contributed by atoms with Gasteiger partial charge in [-0.2, -0.15) is 0 Å². The molecular formula is C57H50N3OPt-. The third-order valence-corrected chi connectivity index (χ3v) is 11.5. The quantitative estimate of drug-likeness (QED) is 0.162. The first-order valence-electron chi connectivity index (χ1n) is 22.3. The van der Waals surface area contributed by atoms with Gasteiger partial charge in [0.05, 0.1) is 22.3 Å². The molecule has 0 atom stereocenters. The fraction of sp³-hybridized carbons (Fsp3) is 0.158. The molecule has 0 saturated carbocycles. The largest absolute Gasteiger partial charge is 0.507 e. The monoisotopic (exact) mass is 990 g/mol. The summed E-state index contributed by atoms with van der Waals surface area (Å²) in [6.07, 6.45) is 1.87. The number of hydrogen-bond acceptors (Lipinski definition) is 3. The van der Waals surface area contributed by atoms with Gasteiger partial charge in [0.1, 0.15) is 11.6 Å². The SMILES string of the molecule is [2H]C([2H])([2H])c1cc(-c2ccccc2)c(-n2c(-c3ccccc3O)nc3c(-c4[c-]c(-c5cc(-c6ccc(C(C)(C)C)cc6)ccn5)cc(C(C)(C)C)c4)cccc32)cc1-c1ccccc1.[Pt]. The van der Waals surface area contributed by atoms with Gasteiger partial charge in [-0.15, -0.1) is 29.3 Å². The van der Waals surface area contributed by atoms with E-state index < -0.39 is 6.85 Å². The molecule has 62 heavy (non-hydrogen) atoms. The number of aromatic hydroxyl groups is 1. The van der Waals surface area contributed by atoms with Gasteiger partial charge < -0.3 is 5.11 Å². The van der Waals surface area contributed by atoms with E-state index >= 15 is 0 Å². The van der Waals surface area contributed by atoms with Crippen molar-refractivity contribution in [1.82, 2.24) is 14.5 Å². The normalized spacial score (nSPS) is 12.6. The van der Waals surface area contributed by atoms with E-state index in [0.717, 1.165) is 67.0 Å². The third kappa shape index (κ3) is 8.20. The molecule has 0 aliphatic rings. The maximum Gasteiger partial charge on any atom is 0.148 e. The summed E-state index contributed by atoms with van der Waals surface area (Å²) in [4.78, 5) is 10.3. The van der Waals surface area contributed by atoms with Crippen LogP contribution in [0.5, 0.6) is 5.75 Å². The Balaban J connectivity index is 0.00000576. The zero-order valence-corrected chi connectivity index (χ0v) is 38.0. The van der Waals surface area contributed by atoms with Crippen molar-refractivity contribution in [2.45, 2.75) is 59.2 Å². The summed E-state index contributed by atoms with van der Waals surface area (Å²) in [5, 5.41) is 11.5. The second-order valence-corrected chi connectivity index (χ2v) is 17.8. The van der Waals surface area contributed by atoms with Crippen molar-refractivity contribution in [1.29, 1.82) is 0 Å². The van der Waals surface area contributed by atoms with E-state index in [1.807, 2.05) is 97.2 Å². The van der Waals surface area contributed by atoms with Crippen molar-refractivity contribution in [3.63, 3.8) is 0 Å². The number of fused-ring (bicyclic) bond motifs is 1. The summed E-state index contributed by atoms with van der Waals surface area (Å²) in [7, 11) is 0. The van der Waals surface area contributed by atoms with E-state index in [2.05, 4.69) is 107 Å². The molecule has 5 heteroatoms. The van der Waals surface area contributed by atoms with Crippen molar-refractivity contribution >= 4 is 11.0 Å². The molecule has 0 spiro atoms. The molecule has 0 radical (unpaired) electrons. The Morgan fingerprint density at radius 1 is 0.548 bits per heavy atom. The van der Waals surface area contributed by atoms with Gasteiger partial charge >= 0.3 is 0 Å². The van der Waals surface area contributed by atoms with E-state index in [-0.39, 0.29) is 43.2 Å². The van der Waals surface area contributed by atoms with E-state index in [9.17, 15) is 5.11 Å². The topological polar surface area (TPSA) is 50.9 Å². The first-order chi connectivity index (χ1) is 30.5. The number of rotatable bonds is 7. The average Bonchev–Trinajstić information content (AvgIpc) is 3.68. The number of para-hydroxylation sites is 2. The molecule has 0 aliphatic heterocycles. The van der Waals surface area contributed by atoms with Crippen LogP contribution in [-0.4, -0.2) is 19.6 Å². The van der Waals surface area contributed by atoms with Gasteiger partial charge in [0.15, 0.2) is 0 Å². The molecule has 2 aromatic heterocycles. The van der Waals surface area contributed by atoms with Crippen LogP contribution in [-0.2, 0) is 31.9 Å². The number of benzene rings is 7.